The molecule has 1 nitrogen and oxygen atoms in total. The molecule has 0 bridgehead atoms. The van der Waals surface area contributed by atoms with E-state index in [1.54, 1.807) is 12.1 Å². The van der Waals surface area contributed by atoms with Crippen molar-refractivity contribution in [2.75, 3.05) is 6.54 Å². The zero-order valence-electron chi connectivity index (χ0n) is 11.5. The lowest BCUT2D eigenvalue weighted by atomic mass is 10.0. The minimum atomic E-state index is -0.963. The van der Waals surface area contributed by atoms with Crippen molar-refractivity contribution in [1.29, 1.82) is 0 Å². The summed E-state index contributed by atoms with van der Waals surface area (Å²) in [6.45, 7) is 3.66. The molecule has 0 atom stereocenters. The van der Waals surface area contributed by atoms with E-state index in [0.717, 1.165) is 30.7 Å². The van der Waals surface area contributed by atoms with E-state index in [9.17, 15) is 8.78 Å². The van der Waals surface area contributed by atoms with Gasteiger partial charge in [-0.05, 0) is 42.3 Å². The second-order valence-electron chi connectivity index (χ2n) is 4.73. The predicted octanol–water partition coefficient (Wildman–Crippen LogP) is 5.44. The van der Waals surface area contributed by atoms with Crippen LogP contribution in [0.4, 0.5) is 8.78 Å². The fourth-order valence-electron chi connectivity index (χ4n) is 2.00. The van der Waals surface area contributed by atoms with Crippen molar-refractivity contribution in [2.45, 2.75) is 19.9 Å². The quantitative estimate of drug-likeness (QED) is 0.569. The van der Waals surface area contributed by atoms with Gasteiger partial charge in [0, 0.05) is 17.1 Å². The van der Waals surface area contributed by atoms with Gasteiger partial charge in [0.15, 0.2) is 11.6 Å². The number of nitrogens with one attached hydrogen (secondary N) is 1. The second-order valence-corrected chi connectivity index (χ2v) is 5.54. The molecule has 2 aromatic carbocycles. The van der Waals surface area contributed by atoms with Crippen LogP contribution in [0, 0.1) is 11.6 Å². The minimum Gasteiger partial charge on any atom is -0.313 e. The maximum Gasteiger partial charge on any atom is 0.160 e. The van der Waals surface area contributed by atoms with Gasteiger partial charge in [-0.2, -0.15) is 0 Å². The third-order valence-electron chi connectivity index (χ3n) is 3.12. The number of halogens is 4. The molecule has 0 unspecified atom stereocenters. The lowest BCUT2D eigenvalue weighted by molar-refractivity contribution is 0.509. The van der Waals surface area contributed by atoms with Crippen molar-refractivity contribution in [1.82, 2.24) is 5.32 Å². The van der Waals surface area contributed by atoms with Crippen LogP contribution >= 0.6 is 23.2 Å². The topological polar surface area (TPSA) is 12.0 Å². The minimum absolute atomic E-state index is 0.154. The standard InChI is InChI=1S/C16H15Cl2F2N/c1-2-5-21-9-11-4-3-10(6-13(11)17)12-7-15(19)16(20)8-14(12)18/h3-4,6-8,21H,2,5,9H2,1H3. The smallest absolute Gasteiger partial charge is 0.160 e. The van der Waals surface area contributed by atoms with Crippen LogP contribution in [0.1, 0.15) is 18.9 Å². The Hall–Kier alpha value is -1.16. The van der Waals surface area contributed by atoms with Gasteiger partial charge in [-0.15, -0.1) is 0 Å². The number of benzene rings is 2. The lowest BCUT2D eigenvalue weighted by Crippen LogP contribution is -2.13. The lowest BCUT2D eigenvalue weighted by Gasteiger charge is -2.10. The van der Waals surface area contributed by atoms with Gasteiger partial charge >= 0.3 is 0 Å². The van der Waals surface area contributed by atoms with Crippen LogP contribution in [0.25, 0.3) is 11.1 Å². The molecule has 0 aliphatic rings. The Balaban J connectivity index is 2.30. The monoisotopic (exact) mass is 329 g/mol. The van der Waals surface area contributed by atoms with E-state index in [2.05, 4.69) is 12.2 Å². The van der Waals surface area contributed by atoms with E-state index in [-0.39, 0.29) is 5.02 Å². The first-order chi connectivity index (χ1) is 10.0. The Morgan fingerprint density at radius 2 is 1.71 bits per heavy atom. The molecule has 0 aromatic heterocycles. The normalized spacial score (nSPS) is 10.9. The Kier molecular flexibility index (Phi) is 5.57. The Labute approximate surface area is 132 Å². The number of hydrogen-bond donors (Lipinski definition) is 1. The van der Waals surface area contributed by atoms with E-state index >= 15 is 0 Å². The van der Waals surface area contributed by atoms with Crippen LogP contribution in [0.3, 0.4) is 0 Å². The first-order valence-electron chi connectivity index (χ1n) is 6.67. The molecular weight excluding hydrogens is 315 g/mol. The van der Waals surface area contributed by atoms with Gasteiger partial charge in [0.2, 0.25) is 0 Å². The van der Waals surface area contributed by atoms with Crippen molar-refractivity contribution < 1.29 is 8.78 Å². The van der Waals surface area contributed by atoms with Crippen molar-refractivity contribution in [2.24, 2.45) is 0 Å². The fourth-order valence-corrected chi connectivity index (χ4v) is 2.51. The average molecular weight is 330 g/mol. The van der Waals surface area contributed by atoms with Gasteiger partial charge in [0.05, 0.1) is 5.02 Å². The van der Waals surface area contributed by atoms with Crippen LogP contribution < -0.4 is 5.32 Å². The molecule has 5 heteroatoms. The van der Waals surface area contributed by atoms with Crippen molar-refractivity contribution >= 4 is 23.2 Å². The summed E-state index contributed by atoms with van der Waals surface area (Å²) in [4.78, 5) is 0. The van der Waals surface area contributed by atoms with Gasteiger partial charge in [-0.3, -0.25) is 0 Å². The summed E-state index contributed by atoms with van der Waals surface area (Å²) in [5, 5.41) is 3.98. The molecule has 0 saturated carbocycles. The van der Waals surface area contributed by atoms with E-state index in [4.69, 9.17) is 23.2 Å². The molecule has 2 aromatic rings. The molecule has 1 N–H and O–H groups in total. The fraction of sp³-hybridized carbons (Fsp3) is 0.250. The molecule has 2 rings (SSSR count). The van der Waals surface area contributed by atoms with Gasteiger partial charge in [0.1, 0.15) is 0 Å². The van der Waals surface area contributed by atoms with Gasteiger partial charge in [-0.25, -0.2) is 8.78 Å². The summed E-state index contributed by atoms with van der Waals surface area (Å²) in [7, 11) is 0. The zero-order valence-corrected chi connectivity index (χ0v) is 13.0. The molecule has 0 saturated heterocycles. The largest absolute Gasteiger partial charge is 0.313 e. The van der Waals surface area contributed by atoms with Crippen molar-refractivity contribution in [3.05, 3.63) is 57.6 Å². The predicted molar refractivity (Wildman–Crippen MR) is 83.8 cm³/mol. The third kappa shape index (κ3) is 3.94. The summed E-state index contributed by atoms with van der Waals surface area (Å²) in [6.07, 6.45) is 1.04. The highest BCUT2D eigenvalue weighted by Crippen LogP contribution is 2.32. The zero-order chi connectivity index (χ0) is 15.4. The van der Waals surface area contributed by atoms with Crippen LogP contribution in [0.5, 0.6) is 0 Å². The molecule has 0 aliphatic carbocycles. The molecule has 0 aliphatic heterocycles. The highest BCUT2D eigenvalue weighted by Gasteiger charge is 2.11. The summed E-state index contributed by atoms with van der Waals surface area (Å²) >= 11 is 12.2. The Morgan fingerprint density at radius 1 is 1.00 bits per heavy atom. The summed E-state index contributed by atoms with van der Waals surface area (Å²) in [5.41, 5.74) is 2.03. The van der Waals surface area contributed by atoms with Crippen molar-refractivity contribution in [3.63, 3.8) is 0 Å². The summed E-state index contributed by atoms with van der Waals surface area (Å²) in [5.74, 6) is -1.89. The van der Waals surface area contributed by atoms with Crippen molar-refractivity contribution in [3.8, 4) is 11.1 Å². The highest BCUT2D eigenvalue weighted by atomic mass is 35.5. The van der Waals surface area contributed by atoms with E-state index < -0.39 is 11.6 Å². The summed E-state index contributed by atoms with van der Waals surface area (Å²) < 4.78 is 26.5. The number of hydrogen-bond acceptors (Lipinski definition) is 1. The Bertz CT molecular complexity index is 644. The van der Waals surface area contributed by atoms with E-state index in [1.807, 2.05) is 6.07 Å². The van der Waals surface area contributed by atoms with Gasteiger partial charge in [0.25, 0.3) is 0 Å². The van der Waals surface area contributed by atoms with Gasteiger partial charge in [-0.1, -0.05) is 42.3 Å². The molecular formula is C16H15Cl2F2N. The third-order valence-corrected chi connectivity index (χ3v) is 3.78. The van der Waals surface area contributed by atoms with E-state index in [1.165, 1.54) is 0 Å². The average Bonchev–Trinajstić information content (AvgIpc) is 2.45. The van der Waals surface area contributed by atoms with E-state index in [0.29, 0.717) is 22.7 Å². The first kappa shape index (κ1) is 16.2. The summed E-state index contributed by atoms with van der Waals surface area (Å²) in [6, 6.07) is 7.42. The molecule has 0 spiro atoms. The second kappa shape index (κ2) is 7.21. The maximum atomic E-state index is 13.4. The number of rotatable bonds is 5. The van der Waals surface area contributed by atoms with Crippen LogP contribution in [0.15, 0.2) is 30.3 Å². The molecule has 0 heterocycles. The Morgan fingerprint density at radius 3 is 2.38 bits per heavy atom. The SMILES string of the molecule is CCCNCc1ccc(-c2cc(F)c(F)cc2Cl)cc1Cl. The molecule has 112 valence electrons. The maximum absolute atomic E-state index is 13.4. The molecule has 21 heavy (non-hydrogen) atoms. The highest BCUT2D eigenvalue weighted by molar-refractivity contribution is 6.34. The van der Waals surface area contributed by atoms with Crippen LogP contribution in [-0.4, -0.2) is 6.54 Å². The van der Waals surface area contributed by atoms with Crippen LogP contribution in [-0.2, 0) is 6.54 Å². The first-order valence-corrected chi connectivity index (χ1v) is 7.42. The van der Waals surface area contributed by atoms with Crippen LogP contribution in [0.2, 0.25) is 10.0 Å². The molecule has 0 radical (unpaired) electrons. The molecule has 0 fully saturated rings. The van der Waals surface area contributed by atoms with Gasteiger partial charge < -0.3 is 5.32 Å². The molecule has 0 amide bonds.